The quantitative estimate of drug-likeness (QED) is 0.873. The van der Waals surface area contributed by atoms with E-state index in [4.69, 9.17) is 5.73 Å². The van der Waals surface area contributed by atoms with Gasteiger partial charge in [-0.05, 0) is 37.4 Å². The summed E-state index contributed by atoms with van der Waals surface area (Å²) in [6.45, 7) is 6.18. The van der Waals surface area contributed by atoms with Crippen molar-refractivity contribution >= 4 is 9.84 Å². The molecule has 0 heterocycles. The van der Waals surface area contributed by atoms with Gasteiger partial charge in [-0.1, -0.05) is 30.7 Å². The Morgan fingerprint density at radius 1 is 1.29 bits per heavy atom. The number of hydrogen-bond acceptors (Lipinski definition) is 3. The fourth-order valence-corrected chi connectivity index (χ4v) is 3.66. The van der Waals surface area contributed by atoms with Crippen molar-refractivity contribution in [2.75, 3.05) is 12.3 Å². The van der Waals surface area contributed by atoms with Crippen LogP contribution >= 0.6 is 0 Å². The monoisotopic (exact) mass is 255 g/mol. The summed E-state index contributed by atoms with van der Waals surface area (Å²) in [5.41, 5.74) is 8.48. The van der Waals surface area contributed by atoms with Crippen molar-refractivity contribution in [1.82, 2.24) is 0 Å². The van der Waals surface area contributed by atoms with E-state index in [0.717, 1.165) is 16.7 Å². The van der Waals surface area contributed by atoms with Crippen LogP contribution < -0.4 is 5.73 Å². The van der Waals surface area contributed by atoms with Gasteiger partial charge in [0.2, 0.25) is 0 Å². The standard InChI is InChI=1S/C13H21NO2S/c1-10-4-5-12(3)13(6-10)9-17(15,16)8-11(2)7-14/h4-6,11H,7-9,14H2,1-3H3. The van der Waals surface area contributed by atoms with E-state index in [-0.39, 0.29) is 17.4 Å². The fraction of sp³-hybridized carbons (Fsp3) is 0.538. The van der Waals surface area contributed by atoms with Crippen molar-refractivity contribution in [2.24, 2.45) is 11.7 Å². The Balaban J connectivity index is 2.86. The van der Waals surface area contributed by atoms with Crippen molar-refractivity contribution in [1.29, 1.82) is 0 Å². The van der Waals surface area contributed by atoms with E-state index < -0.39 is 9.84 Å². The molecule has 0 amide bonds. The van der Waals surface area contributed by atoms with Gasteiger partial charge in [0.25, 0.3) is 0 Å². The summed E-state index contributed by atoms with van der Waals surface area (Å²) >= 11 is 0. The van der Waals surface area contributed by atoms with E-state index in [1.165, 1.54) is 0 Å². The van der Waals surface area contributed by atoms with E-state index in [2.05, 4.69) is 0 Å². The second-order valence-corrected chi connectivity index (χ2v) is 6.93. The van der Waals surface area contributed by atoms with E-state index in [9.17, 15) is 8.42 Å². The van der Waals surface area contributed by atoms with Gasteiger partial charge in [0.05, 0.1) is 11.5 Å². The van der Waals surface area contributed by atoms with Crippen LogP contribution in [0.3, 0.4) is 0 Å². The fourth-order valence-electron chi connectivity index (χ4n) is 1.75. The van der Waals surface area contributed by atoms with Crippen LogP contribution in [-0.2, 0) is 15.6 Å². The third kappa shape index (κ3) is 4.48. The van der Waals surface area contributed by atoms with E-state index in [1.54, 1.807) is 0 Å². The SMILES string of the molecule is Cc1ccc(C)c(CS(=O)(=O)CC(C)CN)c1. The lowest BCUT2D eigenvalue weighted by molar-refractivity contribution is 0.573. The van der Waals surface area contributed by atoms with Crippen molar-refractivity contribution in [3.05, 3.63) is 34.9 Å². The molecule has 0 aromatic heterocycles. The van der Waals surface area contributed by atoms with Crippen LogP contribution in [-0.4, -0.2) is 20.7 Å². The van der Waals surface area contributed by atoms with Gasteiger partial charge in [-0.2, -0.15) is 0 Å². The van der Waals surface area contributed by atoms with Crippen molar-refractivity contribution in [3.8, 4) is 0 Å². The van der Waals surface area contributed by atoms with Gasteiger partial charge in [0.1, 0.15) is 0 Å². The lowest BCUT2D eigenvalue weighted by atomic mass is 10.1. The molecule has 1 aromatic carbocycles. The predicted molar refractivity (Wildman–Crippen MR) is 71.6 cm³/mol. The first-order valence-electron chi connectivity index (χ1n) is 5.80. The highest BCUT2D eigenvalue weighted by Gasteiger charge is 2.16. The first kappa shape index (κ1) is 14.2. The largest absolute Gasteiger partial charge is 0.330 e. The maximum absolute atomic E-state index is 12.0. The Morgan fingerprint density at radius 3 is 2.53 bits per heavy atom. The molecule has 2 N–H and O–H groups in total. The van der Waals surface area contributed by atoms with Gasteiger partial charge < -0.3 is 5.73 Å². The number of aryl methyl sites for hydroxylation is 2. The topological polar surface area (TPSA) is 60.2 Å². The van der Waals surface area contributed by atoms with Crippen LogP contribution in [0.5, 0.6) is 0 Å². The molecule has 1 rings (SSSR count). The van der Waals surface area contributed by atoms with Gasteiger partial charge in [0.15, 0.2) is 9.84 Å². The molecule has 0 aliphatic rings. The summed E-state index contributed by atoms with van der Waals surface area (Å²) in [6, 6.07) is 5.90. The minimum Gasteiger partial charge on any atom is -0.330 e. The molecule has 0 radical (unpaired) electrons. The normalized spacial score (nSPS) is 13.6. The maximum Gasteiger partial charge on any atom is 0.154 e. The molecule has 0 bridgehead atoms. The second-order valence-electron chi connectivity index (χ2n) is 4.83. The van der Waals surface area contributed by atoms with Gasteiger partial charge in [0, 0.05) is 0 Å². The second kappa shape index (κ2) is 5.65. The summed E-state index contributed by atoms with van der Waals surface area (Å²) in [5, 5.41) is 0. The third-order valence-electron chi connectivity index (χ3n) is 2.82. The van der Waals surface area contributed by atoms with Crippen LogP contribution in [0.4, 0.5) is 0 Å². The van der Waals surface area contributed by atoms with E-state index in [1.807, 2.05) is 39.0 Å². The van der Waals surface area contributed by atoms with Crippen molar-refractivity contribution in [3.63, 3.8) is 0 Å². The highest BCUT2D eigenvalue weighted by Crippen LogP contribution is 2.15. The molecule has 1 aromatic rings. The highest BCUT2D eigenvalue weighted by molar-refractivity contribution is 7.90. The van der Waals surface area contributed by atoms with Gasteiger partial charge in [-0.15, -0.1) is 0 Å². The zero-order valence-electron chi connectivity index (χ0n) is 10.7. The Morgan fingerprint density at radius 2 is 1.94 bits per heavy atom. The summed E-state index contributed by atoms with van der Waals surface area (Å²) in [7, 11) is -3.07. The average Bonchev–Trinajstić information content (AvgIpc) is 2.22. The highest BCUT2D eigenvalue weighted by atomic mass is 32.2. The molecule has 0 aliphatic carbocycles. The number of hydrogen-bond donors (Lipinski definition) is 1. The average molecular weight is 255 g/mol. The van der Waals surface area contributed by atoms with Gasteiger partial charge in [-0.3, -0.25) is 0 Å². The van der Waals surface area contributed by atoms with Crippen LogP contribution in [0.15, 0.2) is 18.2 Å². The summed E-state index contributed by atoms with van der Waals surface area (Å²) in [6.07, 6.45) is 0. The Labute approximate surface area is 104 Å². The molecule has 0 spiro atoms. The van der Waals surface area contributed by atoms with Gasteiger partial charge >= 0.3 is 0 Å². The molecule has 1 unspecified atom stereocenters. The number of rotatable bonds is 5. The molecule has 3 nitrogen and oxygen atoms in total. The maximum atomic E-state index is 12.0. The molecule has 0 fully saturated rings. The Kier molecular flexibility index (Phi) is 4.71. The lowest BCUT2D eigenvalue weighted by Gasteiger charge is -2.11. The lowest BCUT2D eigenvalue weighted by Crippen LogP contribution is -2.22. The van der Waals surface area contributed by atoms with Crippen LogP contribution in [0.25, 0.3) is 0 Å². The molecule has 4 heteroatoms. The summed E-state index contributed by atoms with van der Waals surface area (Å²) in [4.78, 5) is 0. The van der Waals surface area contributed by atoms with Crippen molar-refractivity contribution < 1.29 is 8.42 Å². The molecule has 0 saturated heterocycles. The summed E-state index contributed by atoms with van der Waals surface area (Å²) in [5.74, 6) is 0.298. The first-order chi connectivity index (χ1) is 7.84. The molecule has 0 aliphatic heterocycles. The minimum absolute atomic E-state index is 0.0186. The number of sulfone groups is 1. The van der Waals surface area contributed by atoms with Crippen LogP contribution in [0.2, 0.25) is 0 Å². The van der Waals surface area contributed by atoms with Crippen LogP contribution in [0.1, 0.15) is 23.6 Å². The molecule has 1 atom stereocenters. The Hall–Kier alpha value is -0.870. The summed E-state index contributed by atoms with van der Waals surface area (Å²) < 4.78 is 24.0. The predicted octanol–water partition coefficient (Wildman–Crippen LogP) is 1.81. The first-order valence-corrected chi connectivity index (χ1v) is 7.63. The van der Waals surface area contributed by atoms with E-state index in [0.29, 0.717) is 6.54 Å². The zero-order valence-corrected chi connectivity index (χ0v) is 11.5. The third-order valence-corrected chi connectivity index (χ3v) is 4.65. The molecular formula is C13H21NO2S. The van der Waals surface area contributed by atoms with Gasteiger partial charge in [-0.25, -0.2) is 8.42 Å². The van der Waals surface area contributed by atoms with E-state index >= 15 is 0 Å². The number of benzene rings is 1. The molecular weight excluding hydrogens is 234 g/mol. The Bertz CT molecular complexity index is 480. The van der Waals surface area contributed by atoms with Crippen molar-refractivity contribution in [2.45, 2.75) is 26.5 Å². The molecule has 96 valence electrons. The smallest absolute Gasteiger partial charge is 0.154 e. The molecule has 0 saturated carbocycles. The zero-order chi connectivity index (χ0) is 13.1. The minimum atomic E-state index is -3.07. The van der Waals surface area contributed by atoms with Crippen LogP contribution in [0, 0.1) is 19.8 Å². The number of nitrogens with two attached hydrogens (primary N) is 1. The molecule has 17 heavy (non-hydrogen) atoms.